The Morgan fingerprint density at radius 3 is 2.55 bits per heavy atom. The summed E-state index contributed by atoms with van der Waals surface area (Å²) >= 11 is 1.67. The Labute approximate surface area is 135 Å². The molecule has 0 radical (unpaired) electrons. The monoisotopic (exact) mass is 339 g/mol. The van der Waals surface area contributed by atoms with Crippen molar-refractivity contribution in [2.45, 2.75) is 19.9 Å². The normalized spacial score (nSPS) is 13.2. The van der Waals surface area contributed by atoms with E-state index in [1.54, 1.807) is 11.3 Å². The first-order chi connectivity index (χ1) is 10.4. The summed E-state index contributed by atoms with van der Waals surface area (Å²) in [5.74, 6) is 0. The van der Waals surface area contributed by atoms with Crippen LogP contribution in [0.3, 0.4) is 0 Å². The number of nitrogens with one attached hydrogen (secondary N) is 2. The minimum absolute atomic E-state index is 0.135. The van der Waals surface area contributed by atoms with E-state index >= 15 is 0 Å². The summed E-state index contributed by atoms with van der Waals surface area (Å²) in [6.45, 7) is 5.03. The first kappa shape index (κ1) is 17.1. The van der Waals surface area contributed by atoms with Gasteiger partial charge in [-0.15, -0.1) is 11.3 Å². The molecule has 120 valence electrons. The van der Waals surface area contributed by atoms with E-state index < -0.39 is 10.0 Å². The Kier molecular flexibility index (Phi) is 5.69. The maximum atomic E-state index is 11.0. The van der Waals surface area contributed by atoms with E-state index in [-0.39, 0.29) is 6.04 Å². The molecule has 0 amide bonds. The van der Waals surface area contributed by atoms with E-state index in [1.807, 2.05) is 25.1 Å². The molecule has 1 aromatic carbocycles. The third-order valence-electron chi connectivity index (χ3n) is 3.19. The number of aromatic nitrogens is 1. The van der Waals surface area contributed by atoms with Gasteiger partial charge in [-0.05, 0) is 13.8 Å². The van der Waals surface area contributed by atoms with Crippen molar-refractivity contribution in [1.82, 2.24) is 15.0 Å². The Balaban J connectivity index is 1.99. The van der Waals surface area contributed by atoms with Gasteiger partial charge >= 0.3 is 0 Å². The predicted molar refractivity (Wildman–Crippen MR) is 91.6 cm³/mol. The fourth-order valence-electron chi connectivity index (χ4n) is 2.13. The van der Waals surface area contributed by atoms with E-state index in [0.29, 0.717) is 13.1 Å². The van der Waals surface area contributed by atoms with Gasteiger partial charge in [-0.3, -0.25) is 0 Å². The number of aryl methyl sites for hydroxylation is 1. The molecule has 2 N–H and O–H groups in total. The highest BCUT2D eigenvalue weighted by Gasteiger charge is 2.14. The number of nitrogens with zero attached hydrogens (tertiary/aromatic N) is 1. The van der Waals surface area contributed by atoms with Gasteiger partial charge in [0.05, 0.1) is 11.9 Å². The highest BCUT2D eigenvalue weighted by molar-refractivity contribution is 7.88. The molecule has 0 aliphatic heterocycles. The van der Waals surface area contributed by atoms with Crippen molar-refractivity contribution in [2.75, 3.05) is 19.3 Å². The predicted octanol–water partition coefficient (Wildman–Crippen LogP) is 2.32. The molecule has 22 heavy (non-hydrogen) atoms. The third-order valence-corrected chi connectivity index (χ3v) is 5.30. The summed E-state index contributed by atoms with van der Waals surface area (Å²) in [5.41, 5.74) is 2.13. The second kappa shape index (κ2) is 7.32. The topological polar surface area (TPSA) is 71.1 Å². The van der Waals surface area contributed by atoms with E-state index in [2.05, 4.69) is 34.1 Å². The molecule has 0 saturated carbocycles. The lowest BCUT2D eigenvalue weighted by atomic mass is 10.2. The Bertz CT molecular complexity index is 712. The lowest BCUT2D eigenvalue weighted by Crippen LogP contribution is -2.32. The molecule has 0 bridgehead atoms. The summed E-state index contributed by atoms with van der Waals surface area (Å²) in [6, 6.07) is 10.2. The van der Waals surface area contributed by atoms with Crippen molar-refractivity contribution in [3.8, 4) is 10.6 Å². The highest BCUT2D eigenvalue weighted by Crippen LogP contribution is 2.31. The van der Waals surface area contributed by atoms with Crippen molar-refractivity contribution in [2.24, 2.45) is 0 Å². The first-order valence-electron chi connectivity index (χ1n) is 7.07. The van der Waals surface area contributed by atoms with E-state index in [9.17, 15) is 8.42 Å². The van der Waals surface area contributed by atoms with Crippen molar-refractivity contribution in [1.29, 1.82) is 0 Å². The summed E-state index contributed by atoms with van der Waals surface area (Å²) in [5, 5.41) is 4.33. The van der Waals surface area contributed by atoms with E-state index in [4.69, 9.17) is 0 Å². The molecule has 1 aromatic heterocycles. The van der Waals surface area contributed by atoms with Gasteiger partial charge in [0.2, 0.25) is 10.0 Å². The van der Waals surface area contributed by atoms with Crippen LogP contribution in [0.5, 0.6) is 0 Å². The van der Waals surface area contributed by atoms with Crippen LogP contribution >= 0.6 is 11.3 Å². The average molecular weight is 339 g/mol. The largest absolute Gasteiger partial charge is 0.308 e. The smallest absolute Gasteiger partial charge is 0.208 e. The minimum Gasteiger partial charge on any atom is -0.308 e. The zero-order chi connectivity index (χ0) is 16.2. The maximum Gasteiger partial charge on any atom is 0.208 e. The van der Waals surface area contributed by atoms with Crippen LogP contribution in [0, 0.1) is 6.92 Å². The van der Waals surface area contributed by atoms with Crippen molar-refractivity contribution in [3.63, 3.8) is 0 Å². The van der Waals surface area contributed by atoms with Gasteiger partial charge in [0.15, 0.2) is 0 Å². The van der Waals surface area contributed by atoms with Crippen LogP contribution in [-0.4, -0.2) is 32.7 Å². The van der Waals surface area contributed by atoms with Crippen LogP contribution in [0.25, 0.3) is 10.6 Å². The van der Waals surface area contributed by atoms with Gasteiger partial charge in [-0.25, -0.2) is 18.1 Å². The van der Waals surface area contributed by atoms with Crippen molar-refractivity contribution in [3.05, 3.63) is 40.9 Å². The number of benzene rings is 1. The zero-order valence-corrected chi connectivity index (χ0v) is 14.6. The van der Waals surface area contributed by atoms with Gasteiger partial charge in [0, 0.05) is 29.6 Å². The number of thiazole rings is 1. The summed E-state index contributed by atoms with van der Waals surface area (Å²) in [7, 11) is -3.13. The van der Waals surface area contributed by atoms with Gasteiger partial charge < -0.3 is 5.32 Å². The van der Waals surface area contributed by atoms with Crippen LogP contribution in [-0.2, 0) is 10.0 Å². The summed E-state index contributed by atoms with van der Waals surface area (Å²) in [4.78, 5) is 5.82. The number of hydrogen-bond acceptors (Lipinski definition) is 5. The van der Waals surface area contributed by atoms with Gasteiger partial charge in [-0.1, -0.05) is 30.3 Å². The molecule has 1 atom stereocenters. The fraction of sp³-hybridized carbons (Fsp3) is 0.400. The SMILES string of the molecule is Cc1nc(-c2ccccc2)sc1C(C)NCCNS(C)(=O)=O. The van der Waals surface area contributed by atoms with Crippen LogP contribution in [0.4, 0.5) is 0 Å². The van der Waals surface area contributed by atoms with Gasteiger partial charge in [-0.2, -0.15) is 0 Å². The molecule has 2 rings (SSSR count). The number of hydrogen-bond donors (Lipinski definition) is 2. The fourth-order valence-corrected chi connectivity index (χ4v) is 3.70. The molecule has 1 heterocycles. The number of sulfonamides is 1. The molecule has 7 heteroatoms. The molecule has 0 fully saturated rings. The zero-order valence-electron chi connectivity index (χ0n) is 13.0. The molecule has 0 spiro atoms. The Morgan fingerprint density at radius 1 is 1.23 bits per heavy atom. The minimum atomic E-state index is -3.13. The third kappa shape index (κ3) is 4.88. The average Bonchev–Trinajstić information content (AvgIpc) is 2.85. The molecular weight excluding hydrogens is 318 g/mol. The second-order valence-electron chi connectivity index (χ2n) is 5.18. The van der Waals surface area contributed by atoms with Gasteiger partial charge in [0.25, 0.3) is 0 Å². The van der Waals surface area contributed by atoms with E-state index in [1.165, 1.54) is 4.88 Å². The van der Waals surface area contributed by atoms with Gasteiger partial charge in [0.1, 0.15) is 5.01 Å². The molecule has 1 unspecified atom stereocenters. The molecular formula is C15H21N3O2S2. The molecule has 0 aliphatic rings. The molecule has 2 aromatic rings. The standard InChI is InChI=1S/C15H21N3O2S2/c1-11(16-9-10-17-22(3,19)20)14-12(2)18-15(21-14)13-7-5-4-6-8-13/h4-8,11,16-17H,9-10H2,1-3H3. The van der Waals surface area contributed by atoms with E-state index in [0.717, 1.165) is 22.5 Å². The van der Waals surface area contributed by atoms with Crippen molar-refractivity contribution < 1.29 is 8.42 Å². The van der Waals surface area contributed by atoms with Crippen molar-refractivity contribution >= 4 is 21.4 Å². The van der Waals surface area contributed by atoms with Crippen LogP contribution in [0.2, 0.25) is 0 Å². The highest BCUT2D eigenvalue weighted by atomic mass is 32.2. The first-order valence-corrected chi connectivity index (χ1v) is 9.78. The molecule has 5 nitrogen and oxygen atoms in total. The van der Waals surface area contributed by atoms with Crippen LogP contribution in [0.1, 0.15) is 23.5 Å². The number of rotatable bonds is 7. The maximum absolute atomic E-state index is 11.0. The van der Waals surface area contributed by atoms with Crippen LogP contribution < -0.4 is 10.0 Å². The second-order valence-corrected chi connectivity index (χ2v) is 8.04. The summed E-state index contributed by atoms with van der Waals surface area (Å²) in [6.07, 6.45) is 1.16. The quantitative estimate of drug-likeness (QED) is 0.760. The lowest BCUT2D eigenvalue weighted by Gasteiger charge is -2.12. The molecule has 0 saturated heterocycles. The Morgan fingerprint density at radius 2 is 1.91 bits per heavy atom. The summed E-state index contributed by atoms with van der Waals surface area (Å²) < 4.78 is 24.5. The van der Waals surface area contributed by atoms with Crippen LogP contribution in [0.15, 0.2) is 30.3 Å². The lowest BCUT2D eigenvalue weighted by molar-refractivity contribution is 0.559. The Hall–Kier alpha value is -1.28. The molecule has 0 aliphatic carbocycles.